The number of benzene rings is 1. The summed E-state index contributed by atoms with van der Waals surface area (Å²) in [4.78, 5) is 25.3. The fourth-order valence-corrected chi connectivity index (χ4v) is 5.31. The Hall–Kier alpha value is -1.36. The van der Waals surface area contributed by atoms with Crippen molar-refractivity contribution in [2.75, 3.05) is 13.7 Å². The Morgan fingerprint density at radius 3 is 2.77 bits per heavy atom. The van der Waals surface area contributed by atoms with Gasteiger partial charge in [-0.2, -0.15) is 0 Å². The second-order valence-corrected chi connectivity index (χ2v) is 11.5. The lowest BCUT2D eigenvalue weighted by Gasteiger charge is -2.31. The van der Waals surface area contributed by atoms with E-state index in [1.807, 2.05) is 30.3 Å². The van der Waals surface area contributed by atoms with E-state index in [4.69, 9.17) is 46.3 Å². The molecule has 2 aliphatic heterocycles. The van der Waals surface area contributed by atoms with Crippen LogP contribution in [0.5, 0.6) is 0 Å². The molecule has 1 aromatic heterocycles. The van der Waals surface area contributed by atoms with E-state index in [9.17, 15) is 9.59 Å². The van der Waals surface area contributed by atoms with E-state index >= 15 is 0 Å². The maximum Gasteiger partial charge on any atom is 0.335 e. The fraction of sp³-hybridized carbons (Fsp3) is 0.444. The number of hydrogen-bond acceptors (Lipinski definition) is 8. The molecule has 5 atom stereocenters. The van der Waals surface area contributed by atoms with Crippen LogP contribution in [0.1, 0.15) is 11.8 Å². The van der Waals surface area contributed by atoms with E-state index in [1.165, 1.54) is 23.9 Å². The van der Waals surface area contributed by atoms with Gasteiger partial charge < -0.3 is 23.3 Å². The Labute approximate surface area is 182 Å². The van der Waals surface area contributed by atoms with Crippen LogP contribution < -0.4 is 11.2 Å². The van der Waals surface area contributed by atoms with E-state index in [2.05, 4.69) is 0 Å². The minimum Gasteiger partial charge on any atom is -0.374 e. The molecule has 0 spiro atoms. The summed E-state index contributed by atoms with van der Waals surface area (Å²) in [5.74, 6) is -2.92. The number of nitrogens with zero attached hydrogens (tertiary/aromatic N) is 2. The first-order valence-corrected chi connectivity index (χ1v) is 12.7. The van der Waals surface area contributed by atoms with Crippen molar-refractivity contribution in [3.8, 4) is 0 Å². The number of halogens is 1. The second kappa shape index (κ2) is 9.02. The first kappa shape index (κ1) is 21.9. The van der Waals surface area contributed by atoms with Gasteiger partial charge in [-0.1, -0.05) is 30.3 Å². The van der Waals surface area contributed by atoms with E-state index in [-0.39, 0.29) is 19.9 Å². The van der Waals surface area contributed by atoms with Crippen LogP contribution in [0.3, 0.4) is 0 Å². The third-order valence-electron chi connectivity index (χ3n) is 4.90. The molecule has 0 bridgehead atoms. The van der Waals surface area contributed by atoms with E-state index in [1.54, 1.807) is 0 Å². The van der Waals surface area contributed by atoms with Crippen LogP contribution in [0.4, 0.5) is 0 Å². The molecule has 12 heteroatoms. The topological polar surface area (TPSA) is 90.2 Å². The van der Waals surface area contributed by atoms with Crippen LogP contribution in [0.25, 0.3) is 0 Å². The lowest BCUT2D eigenvalue weighted by atomic mass is 10.1. The van der Waals surface area contributed by atoms with Crippen LogP contribution in [0.2, 0.25) is 0 Å². The van der Waals surface area contributed by atoms with Gasteiger partial charge in [-0.05, 0) is 28.6 Å². The molecule has 30 heavy (non-hydrogen) atoms. The van der Waals surface area contributed by atoms with Gasteiger partial charge in [0.2, 0.25) is 0 Å². The summed E-state index contributed by atoms with van der Waals surface area (Å²) in [6.45, 7) is 0.195. The van der Waals surface area contributed by atoms with E-state index in [0.717, 1.165) is 10.1 Å². The monoisotopic (exact) mass is 474 g/mol. The van der Waals surface area contributed by atoms with Crippen LogP contribution in [-0.4, -0.2) is 41.2 Å². The van der Waals surface area contributed by atoms with Gasteiger partial charge in [-0.15, -0.1) is 0 Å². The van der Waals surface area contributed by atoms with Crippen molar-refractivity contribution in [1.82, 2.24) is 9.13 Å². The molecule has 0 N–H and O–H groups in total. The maximum atomic E-state index is 13.0. The van der Waals surface area contributed by atoms with Gasteiger partial charge in [0.1, 0.15) is 25.0 Å². The lowest BCUT2D eigenvalue weighted by Crippen LogP contribution is -2.44. The standard InChI is InChI=1S/C18H20ClN2O7PS/c1-24-16-15-13(10-26-29(19,30)28-15)27-17(16)20-8-7-14(22)21(18(20)23)11-25-9-12-5-3-2-4-6-12/h2-8,13,15-17H,9-11H2,1H3/t13-,15-,16-,17-,29?/m1/s1. The highest BCUT2D eigenvalue weighted by Crippen LogP contribution is 2.60. The van der Waals surface area contributed by atoms with Gasteiger partial charge >= 0.3 is 5.69 Å². The Bertz CT molecular complexity index is 1060. The molecule has 162 valence electrons. The molecule has 0 saturated carbocycles. The summed E-state index contributed by atoms with van der Waals surface area (Å²) >= 11 is 11.2. The average molecular weight is 475 g/mol. The van der Waals surface area contributed by atoms with Crippen LogP contribution >= 0.6 is 17.1 Å². The molecule has 0 aliphatic carbocycles. The molecule has 2 fully saturated rings. The fourth-order valence-electron chi connectivity index (χ4n) is 3.46. The van der Waals surface area contributed by atoms with Crippen molar-refractivity contribution >= 4 is 28.9 Å². The molecular weight excluding hydrogens is 455 g/mol. The lowest BCUT2D eigenvalue weighted by molar-refractivity contribution is -0.0626. The summed E-state index contributed by atoms with van der Waals surface area (Å²) in [6.07, 6.45) is -1.22. The van der Waals surface area contributed by atoms with Crippen LogP contribution in [0, 0.1) is 0 Å². The molecule has 1 unspecified atom stereocenters. The Morgan fingerprint density at radius 1 is 1.27 bits per heavy atom. The minimum atomic E-state index is -2.92. The molecule has 1 aromatic carbocycles. The molecule has 2 aromatic rings. The number of ether oxygens (including phenoxy) is 3. The summed E-state index contributed by atoms with van der Waals surface area (Å²) in [5, 5.41) is 0. The predicted molar refractivity (Wildman–Crippen MR) is 112 cm³/mol. The molecule has 3 heterocycles. The van der Waals surface area contributed by atoms with Gasteiger partial charge in [0.15, 0.2) is 6.23 Å². The molecule has 2 saturated heterocycles. The summed E-state index contributed by atoms with van der Waals surface area (Å²) in [5.41, 5.74) is -0.143. The molecule has 2 aliphatic rings. The van der Waals surface area contributed by atoms with Gasteiger partial charge in [-0.25, -0.2) is 9.36 Å². The molecular formula is C18H20ClN2O7PS. The van der Waals surface area contributed by atoms with Gasteiger partial charge in [-0.3, -0.25) is 9.36 Å². The Balaban J connectivity index is 1.56. The van der Waals surface area contributed by atoms with Crippen molar-refractivity contribution in [2.24, 2.45) is 0 Å². The van der Waals surface area contributed by atoms with Gasteiger partial charge in [0, 0.05) is 19.4 Å². The third-order valence-corrected chi connectivity index (χ3v) is 6.96. The molecule has 4 rings (SSSR count). The summed E-state index contributed by atoms with van der Waals surface area (Å²) in [7, 11) is 1.48. The smallest absolute Gasteiger partial charge is 0.335 e. The third kappa shape index (κ3) is 4.46. The van der Waals surface area contributed by atoms with Crippen LogP contribution in [-0.2, 0) is 48.4 Å². The number of fused-ring (bicyclic) bond motifs is 1. The number of rotatable bonds is 6. The molecule has 0 amide bonds. The van der Waals surface area contributed by atoms with Gasteiger partial charge in [0.05, 0.1) is 13.2 Å². The average Bonchev–Trinajstić information content (AvgIpc) is 3.07. The van der Waals surface area contributed by atoms with Crippen molar-refractivity contribution in [3.05, 3.63) is 69.0 Å². The highest BCUT2D eigenvalue weighted by molar-refractivity contribution is 8.22. The summed E-state index contributed by atoms with van der Waals surface area (Å²) < 4.78 is 30.3. The van der Waals surface area contributed by atoms with E-state index < -0.39 is 41.6 Å². The predicted octanol–water partition coefficient (Wildman–Crippen LogP) is 1.98. The highest BCUT2D eigenvalue weighted by Gasteiger charge is 2.52. The number of aromatic nitrogens is 2. The largest absolute Gasteiger partial charge is 0.374 e. The van der Waals surface area contributed by atoms with Crippen LogP contribution in [0.15, 0.2) is 52.2 Å². The Kier molecular flexibility index (Phi) is 6.57. The highest BCUT2D eigenvalue weighted by atomic mass is 35.7. The van der Waals surface area contributed by atoms with Crippen molar-refractivity contribution in [1.29, 1.82) is 0 Å². The van der Waals surface area contributed by atoms with Crippen molar-refractivity contribution < 1.29 is 23.3 Å². The summed E-state index contributed by atoms with van der Waals surface area (Å²) in [6, 6.07) is 10.7. The first-order valence-electron chi connectivity index (χ1n) is 9.14. The quantitative estimate of drug-likeness (QED) is 0.587. The second-order valence-electron chi connectivity index (χ2n) is 6.80. The maximum absolute atomic E-state index is 13.0. The number of methoxy groups -OCH3 is 1. The first-order chi connectivity index (χ1) is 14.4. The minimum absolute atomic E-state index is 0.135. The Morgan fingerprint density at radius 2 is 2.03 bits per heavy atom. The zero-order valence-electron chi connectivity index (χ0n) is 16.0. The normalized spacial score (nSPS) is 30.9. The van der Waals surface area contributed by atoms with Gasteiger partial charge in [0.25, 0.3) is 11.4 Å². The van der Waals surface area contributed by atoms with Crippen molar-refractivity contribution in [3.63, 3.8) is 0 Å². The molecule has 9 nitrogen and oxygen atoms in total. The number of hydrogen-bond donors (Lipinski definition) is 0. The van der Waals surface area contributed by atoms with Crippen molar-refractivity contribution in [2.45, 2.75) is 37.9 Å². The molecule has 0 radical (unpaired) electrons. The SMILES string of the molecule is CO[C@@H]1[C@@H]2OP(=S)(Cl)OC[C@H]2O[C@H]1n1ccc(=O)n(COCc2ccccc2)c1=O. The van der Waals surface area contributed by atoms with E-state index in [0.29, 0.717) is 0 Å². The zero-order chi connectivity index (χ0) is 21.3. The zero-order valence-corrected chi connectivity index (χ0v) is 18.4.